The van der Waals surface area contributed by atoms with Crippen LogP contribution in [-0.4, -0.2) is 18.7 Å². The maximum Gasteiger partial charge on any atom is 0.376 e. The average Bonchev–Trinajstić information content (AvgIpc) is 2.36. The highest BCUT2D eigenvalue weighted by Gasteiger charge is 2.21. The normalized spacial score (nSPS) is 11.1. The van der Waals surface area contributed by atoms with Crippen LogP contribution >= 0.6 is 0 Å². The van der Waals surface area contributed by atoms with E-state index >= 15 is 0 Å². The minimum atomic E-state index is -0.552. The Kier molecular flexibility index (Phi) is 4.52. The Labute approximate surface area is 101 Å². The van der Waals surface area contributed by atoms with Crippen LogP contribution in [0.25, 0.3) is 0 Å². The first-order valence-electron chi connectivity index (χ1n) is 5.53. The molecule has 0 radical (unpaired) electrons. The van der Waals surface area contributed by atoms with Crippen LogP contribution in [0, 0.1) is 0 Å². The largest absolute Gasteiger partial charge is 0.496 e. The van der Waals surface area contributed by atoms with Crippen molar-refractivity contribution >= 4 is 5.97 Å². The fraction of sp³-hybridized carbons (Fsp3) is 0.462. The second-order valence-electron chi connectivity index (χ2n) is 4.27. The zero-order valence-electron chi connectivity index (χ0n) is 10.6. The van der Waals surface area contributed by atoms with Gasteiger partial charge in [0.15, 0.2) is 0 Å². The molecule has 0 heterocycles. The molecule has 4 nitrogen and oxygen atoms in total. The fourth-order valence-corrected chi connectivity index (χ4v) is 1.07. The van der Waals surface area contributed by atoms with E-state index in [2.05, 4.69) is 0 Å². The van der Waals surface area contributed by atoms with Gasteiger partial charge in [0.1, 0.15) is 16.9 Å². The molecule has 0 saturated carbocycles. The molecule has 1 aromatic rings. The van der Waals surface area contributed by atoms with Crippen LogP contribution in [-0.2, 0) is 9.78 Å². The molecule has 0 bridgehead atoms. The second-order valence-corrected chi connectivity index (χ2v) is 4.27. The van der Waals surface area contributed by atoms with E-state index in [1.807, 2.05) is 20.8 Å². The van der Waals surface area contributed by atoms with Gasteiger partial charge in [0.05, 0.1) is 7.11 Å². The number of carbonyl (C=O) groups is 1. The third kappa shape index (κ3) is 3.75. The molecule has 0 aliphatic rings. The number of carbonyl (C=O) groups excluding carboxylic acids is 1. The molecule has 0 atom stereocenters. The van der Waals surface area contributed by atoms with E-state index in [-0.39, 0.29) is 0 Å². The molecule has 94 valence electrons. The van der Waals surface area contributed by atoms with Gasteiger partial charge in [-0.25, -0.2) is 4.79 Å². The van der Waals surface area contributed by atoms with Gasteiger partial charge in [-0.3, -0.25) is 4.89 Å². The number of ether oxygens (including phenoxy) is 1. The maximum atomic E-state index is 11.8. The molecule has 0 saturated heterocycles. The second kappa shape index (κ2) is 5.68. The van der Waals surface area contributed by atoms with Gasteiger partial charge in [-0.1, -0.05) is 19.1 Å². The van der Waals surface area contributed by atoms with Crippen molar-refractivity contribution in [2.75, 3.05) is 7.11 Å². The van der Waals surface area contributed by atoms with Gasteiger partial charge in [-0.05, 0) is 32.4 Å². The number of rotatable bonds is 5. The first-order chi connectivity index (χ1) is 8.00. The SMILES string of the molecule is CCC(C)(C)OOC(=O)c1ccccc1OC. The molecule has 0 fully saturated rings. The minimum absolute atomic E-state index is 0.349. The molecule has 0 unspecified atom stereocenters. The molecular formula is C13H18O4. The lowest BCUT2D eigenvalue weighted by molar-refractivity contribution is -0.307. The van der Waals surface area contributed by atoms with Gasteiger partial charge in [0, 0.05) is 0 Å². The number of methoxy groups -OCH3 is 1. The molecule has 0 aliphatic heterocycles. The van der Waals surface area contributed by atoms with Gasteiger partial charge >= 0.3 is 5.97 Å². The summed E-state index contributed by atoms with van der Waals surface area (Å²) >= 11 is 0. The van der Waals surface area contributed by atoms with E-state index < -0.39 is 11.6 Å². The van der Waals surface area contributed by atoms with Crippen LogP contribution in [0.3, 0.4) is 0 Å². The van der Waals surface area contributed by atoms with Crippen molar-refractivity contribution in [3.63, 3.8) is 0 Å². The van der Waals surface area contributed by atoms with Crippen molar-refractivity contribution in [2.45, 2.75) is 32.8 Å². The van der Waals surface area contributed by atoms with Crippen molar-refractivity contribution in [3.8, 4) is 5.75 Å². The molecule has 0 amide bonds. The van der Waals surface area contributed by atoms with E-state index in [0.717, 1.165) is 6.42 Å². The maximum absolute atomic E-state index is 11.8. The van der Waals surface area contributed by atoms with Crippen LogP contribution in [0.4, 0.5) is 0 Å². The van der Waals surface area contributed by atoms with Crippen LogP contribution < -0.4 is 4.74 Å². The van der Waals surface area contributed by atoms with Gasteiger partial charge < -0.3 is 4.74 Å². The first kappa shape index (κ1) is 13.5. The molecule has 0 aromatic heterocycles. The van der Waals surface area contributed by atoms with Gasteiger partial charge in [-0.2, -0.15) is 4.89 Å². The zero-order chi connectivity index (χ0) is 12.9. The summed E-state index contributed by atoms with van der Waals surface area (Å²) in [4.78, 5) is 21.7. The first-order valence-corrected chi connectivity index (χ1v) is 5.53. The smallest absolute Gasteiger partial charge is 0.376 e. The molecule has 1 aromatic carbocycles. The fourth-order valence-electron chi connectivity index (χ4n) is 1.07. The van der Waals surface area contributed by atoms with Crippen molar-refractivity contribution in [1.29, 1.82) is 0 Å². The van der Waals surface area contributed by atoms with E-state index in [1.165, 1.54) is 7.11 Å². The summed E-state index contributed by atoms with van der Waals surface area (Å²) in [7, 11) is 1.50. The topological polar surface area (TPSA) is 44.8 Å². The number of hydrogen-bond acceptors (Lipinski definition) is 4. The Morgan fingerprint density at radius 1 is 1.29 bits per heavy atom. The van der Waals surface area contributed by atoms with E-state index in [0.29, 0.717) is 11.3 Å². The van der Waals surface area contributed by atoms with Gasteiger partial charge in [-0.15, -0.1) is 0 Å². The lowest BCUT2D eigenvalue weighted by Crippen LogP contribution is -2.25. The number of para-hydroxylation sites is 1. The van der Waals surface area contributed by atoms with E-state index in [4.69, 9.17) is 14.5 Å². The van der Waals surface area contributed by atoms with Crippen molar-refractivity contribution < 1.29 is 19.3 Å². The molecule has 0 aliphatic carbocycles. The molecule has 0 spiro atoms. The quantitative estimate of drug-likeness (QED) is 0.584. The highest BCUT2D eigenvalue weighted by Crippen LogP contribution is 2.20. The monoisotopic (exact) mass is 238 g/mol. The average molecular weight is 238 g/mol. The lowest BCUT2D eigenvalue weighted by Gasteiger charge is -2.20. The minimum Gasteiger partial charge on any atom is -0.496 e. The third-order valence-corrected chi connectivity index (χ3v) is 2.52. The molecule has 0 N–H and O–H groups in total. The van der Waals surface area contributed by atoms with E-state index in [1.54, 1.807) is 24.3 Å². The summed E-state index contributed by atoms with van der Waals surface area (Å²) in [5.41, 5.74) is -0.139. The summed E-state index contributed by atoms with van der Waals surface area (Å²) in [5.74, 6) is -0.0839. The number of benzene rings is 1. The van der Waals surface area contributed by atoms with Crippen molar-refractivity contribution in [2.24, 2.45) is 0 Å². The Balaban J connectivity index is 2.70. The van der Waals surface area contributed by atoms with Crippen molar-refractivity contribution in [3.05, 3.63) is 29.8 Å². The number of hydrogen-bond donors (Lipinski definition) is 0. The standard InChI is InChI=1S/C13H18O4/c1-5-13(2,3)17-16-12(14)10-8-6-7-9-11(10)15-4/h6-9H,5H2,1-4H3. The van der Waals surface area contributed by atoms with E-state index in [9.17, 15) is 4.79 Å². The Bertz CT molecular complexity index is 385. The predicted molar refractivity (Wildman–Crippen MR) is 63.9 cm³/mol. The summed E-state index contributed by atoms with van der Waals surface area (Å²) < 4.78 is 5.07. The molecule has 1 rings (SSSR count). The lowest BCUT2D eigenvalue weighted by atomic mass is 10.1. The Morgan fingerprint density at radius 2 is 1.94 bits per heavy atom. The van der Waals surface area contributed by atoms with Gasteiger partial charge in [0.2, 0.25) is 0 Å². The third-order valence-electron chi connectivity index (χ3n) is 2.52. The van der Waals surface area contributed by atoms with Crippen LogP contribution in [0.15, 0.2) is 24.3 Å². The van der Waals surface area contributed by atoms with Crippen molar-refractivity contribution in [1.82, 2.24) is 0 Å². The summed E-state index contributed by atoms with van der Waals surface area (Å²) in [6, 6.07) is 6.85. The Morgan fingerprint density at radius 3 is 2.53 bits per heavy atom. The highest BCUT2D eigenvalue weighted by molar-refractivity contribution is 5.92. The highest BCUT2D eigenvalue weighted by atomic mass is 17.2. The molecule has 17 heavy (non-hydrogen) atoms. The molecule has 4 heteroatoms. The predicted octanol–water partition coefficient (Wildman–Crippen LogP) is 2.97. The molecular weight excluding hydrogens is 220 g/mol. The van der Waals surface area contributed by atoms with Crippen LogP contribution in [0.1, 0.15) is 37.6 Å². The summed E-state index contributed by atoms with van der Waals surface area (Å²) in [6.07, 6.45) is 0.742. The van der Waals surface area contributed by atoms with Gasteiger partial charge in [0.25, 0.3) is 0 Å². The summed E-state index contributed by atoms with van der Waals surface area (Å²) in [5, 5.41) is 0. The summed E-state index contributed by atoms with van der Waals surface area (Å²) in [6.45, 7) is 5.65. The Hall–Kier alpha value is -1.55. The van der Waals surface area contributed by atoms with Crippen LogP contribution in [0.2, 0.25) is 0 Å². The van der Waals surface area contributed by atoms with Crippen LogP contribution in [0.5, 0.6) is 5.75 Å². The zero-order valence-corrected chi connectivity index (χ0v) is 10.6.